The number of ether oxygens (including phenoxy) is 1. The first-order chi connectivity index (χ1) is 11.3. The van der Waals surface area contributed by atoms with Gasteiger partial charge < -0.3 is 15.2 Å². The number of halogens is 1. The molecule has 1 aromatic carbocycles. The highest BCUT2D eigenvalue weighted by atomic mass is 79.9. The molecule has 0 saturated carbocycles. The summed E-state index contributed by atoms with van der Waals surface area (Å²) in [5, 5.41) is 16.1. The predicted octanol–water partition coefficient (Wildman–Crippen LogP) is 2.79. The number of nitrogens with one attached hydrogen (secondary N) is 1. The summed E-state index contributed by atoms with van der Waals surface area (Å²) in [4.78, 5) is 23.8. The monoisotopic (exact) mass is 395 g/mol. The molecule has 0 aliphatic carbocycles. The Morgan fingerprint density at radius 3 is 2.54 bits per heavy atom. The van der Waals surface area contributed by atoms with E-state index in [-0.39, 0.29) is 11.7 Å². The summed E-state index contributed by atoms with van der Waals surface area (Å²) in [6.07, 6.45) is 1.68. The number of benzene rings is 1. The minimum absolute atomic E-state index is 0.111. The molecule has 0 saturated heterocycles. The van der Waals surface area contributed by atoms with Gasteiger partial charge in [0.2, 0.25) is 0 Å². The van der Waals surface area contributed by atoms with Crippen molar-refractivity contribution < 1.29 is 19.4 Å². The number of amides is 1. The van der Waals surface area contributed by atoms with Gasteiger partial charge in [0.1, 0.15) is 11.4 Å². The molecule has 2 N–H and O–H groups in total. The van der Waals surface area contributed by atoms with Crippen molar-refractivity contribution in [3.05, 3.63) is 46.2 Å². The first-order valence-corrected chi connectivity index (χ1v) is 8.05. The number of methoxy groups -OCH3 is 1. The first-order valence-electron chi connectivity index (χ1n) is 7.25. The smallest absolute Gasteiger partial charge is 0.330 e. The lowest BCUT2D eigenvalue weighted by Crippen LogP contribution is -2.34. The Kier molecular flexibility index (Phi) is 5.61. The van der Waals surface area contributed by atoms with E-state index in [1.807, 2.05) is 13.8 Å². The van der Waals surface area contributed by atoms with Gasteiger partial charge in [0.25, 0.3) is 5.91 Å². The average Bonchev–Trinajstić information content (AvgIpc) is 3.02. The SMILES string of the molecule is COc1ccc(C(NC(=O)c2ccn(C(C)C)n2)C(=O)O)cc1Br. The van der Waals surface area contributed by atoms with Crippen molar-refractivity contribution in [3.8, 4) is 5.75 Å². The molecular formula is C16H18BrN3O4. The maximum atomic E-state index is 12.3. The van der Waals surface area contributed by atoms with Crippen LogP contribution in [0.2, 0.25) is 0 Å². The van der Waals surface area contributed by atoms with Crippen LogP contribution in [0, 0.1) is 0 Å². The molecule has 0 radical (unpaired) electrons. The summed E-state index contributed by atoms with van der Waals surface area (Å²) in [5.41, 5.74) is 0.592. The van der Waals surface area contributed by atoms with Crippen LogP contribution >= 0.6 is 15.9 Å². The largest absolute Gasteiger partial charge is 0.496 e. The average molecular weight is 396 g/mol. The van der Waals surface area contributed by atoms with Crippen LogP contribution in [0.1, 0.15) is 42.0 Å². The maximum absolute atomic E-state index is 12.3. The van der Waals surface area contributed by atoms with Crippen molar-refractivity contribution in [1.29, 1.82) is 0 Å². The zero-order chi connectivity index (χ0) is 17.9. The van der Waals surface area contributed by atoms with Crippen LogP contribution in [0.15, 0.2) is 34.9 Å². The molecule has 2 rings (SSSR count). The Morgan fingerprint density at radius 2 is 2.04 bits per heavy atom. The van der Waals surface area contributed by atoms with E-state index >= 15 is 0 Å². The molecule has 8 heteroatoms. The number of aromatic nitrogens is 2. The molecule has 1 unspecified atom stereocenters. The van der Waals surface area contributed by atoms with Crippen LogP contribution in [0.25, 0.3) is 0 Å². The van der Waals surface area contributed by atoms with Crippen molar-refractivity contribution in [3.63, 3.8) is 0 Å². The lowest BCUT2D eigenvalue weighted by Gasteiger charge is -2.15. The third-order valence-electron chi connectivity index (χ3n) is 3.40. The number of rotatable bonds is 6. The summed E-state index contributed by atoms with van der Waals surface area (Å²) in [7, 11) is 1.52. The van der Waals surface area contributed by atoms with Crippen molar-refractivity contribution >= 4 is 27.8 Å². The van der Waals surface area contributed by atoms with E-state index < -0.39 is 17.9 Å². The number of hydrogen-bond donors (Lipinski definition) is 2. The van der Waals surface area contributed by atoms with Gasteiger partial charge in [-0.3, -0.25) is 9.48 Å². The van der Waals surface area contributed by atoms with Crippen LogP contribution in [-0.4, -0.2) is 33.9 Å². The van der Waals surface area contributed by atoms with Crippen molar-refractivity contribution in [2.45, 2.75) is 25.9 Å². The molecule has 0 aliphatic heterocycles. The molecule has 1 heterocycles. The van der Waals surface area contributed by atoms with E-state index in [1.165, 1.54) is 7.11 Å². The molecule has 24 heavy (non-hydrogen) atoms. The molecule has 0 bridgehead atoms. The summed E-state index contributed by atoms with van der Waals surface area (Å²) in [5.74, 6) is -1.14. The fourth-order valence-corrected chi connectivity index (χ4v) is 2.66. The highest BCUT2D eigenvalue weighted by Crippen LogP contribution is 2.28. The predicted molar refractivity (Wildman–Crippen MR) is 91.1 cm³/mol. The van der Waals surface area contributed by atoms with E-state index in [1.54, 1.807) is 35.1 Å². The molecule has 2 aromatic rings. The first kappa shape index (κ1) is 18.0. The lowest BCUT2D eigenvalue weighted by molar-refractivity contribution is -0.139. The van der Waals surface area contributed by atoms with Gasteiger partial charge in [0, 0.05) is 12.2 Å². The molecular weight excluding hydrogens is 378 g/mol. The second-order valence-corrected chi connectivity index (χ2v) is 6.27. The van der Waals surface area contributed by atoms with E-state index in [4.69, 9.17) is 4.74 Å². The quantitative estimate of drug-likeness (QED) is 0.783. The Hall–Kier alpha value is -2.35. The van der Waals surface area contributed by atoms with Gasteiger partial charge in [-0.2, -0.15) is 5.10 Å². The van der Waals surface area contributed by atoms with Crippen LogP contribution in [0.4, 0.5) is 0 Å². The molecule has 0 fully saturated rings. The van der Waals surface area contributed by atoms with Gasteiger partial charge in [-0.25, -0.2) is 4.79 Å². The number of carboxylic acids is 1. The number of carbonyl (C=O) groups excluding carboxylic acids is 1. The minimum atomic E-state index is -1.19. The molecule has 128 valence electrons. The second-order valence-electron chi connectivity index (χ2n) is 5.41. The minimum Gasteiger partial charge on any atom is -0.496 e. The number of aliphatic carboxylic acids is 1. The Bertz CT molecular complexity index is 758. The summed E-state index contributed by atoms with van der Waals surface area (Å²) in [6.45, 7) is 3.87. The summed E-state index contributed by atoms with van der Waals surface area (Å²) >= 11 is 3.31. The second kappa shape index (κ2) is 7.48. The topological polar surface area (TPSA) is 93.5 Å². The number of carboxylic acid groups (broad SMARTS) is 1. The number of carbonyl (C=O) groups is 2. The molecule has 1 atom stereocenters. The van der Waals surface area contributed by atoms with Gasteiger partial charge in [0.05, 0.1) is 11.6 Å². The molecule has 0 aliphatic rings. The zero-order valence-corrected chi connectivity index (χ0v) is 15.1. The maximum Gasteiger partial charge on any atom is 0.330 e. The molecule has 1 amide bonds. The van der Waals surface area contributed by atoms with Crippen LogP contribution < -0.4 is 10.1 Å². The standard InChI is InChI=1S/C16H18BrN3O4/c1-9(2)20-7-6-12(19-20)15(21)18-14(16(22)23)10-4-5-13(24-3)11(17)8-10/h4-9,14H,1-3H3,(H,18,21)(H,22,23). The lowest BCUT2D eigenvalue weighted by atomic mass is 10.1. The third kappa shape index (κ3) is 3.94. The van der Waals surface area contributed by atoms with Crippen LogP contribution in [0.3, 0.4) is 0 Å². The van der Waals surface area contributed by atoms with E-state index in [0.717, 1.165) is 0 Å². The number of hydrogen-bond acceptors (Lipinski definition) is 4. The van der Waals surface area contributed by atoms with E-state index in [9.17, 15) is 14.7 Å². The fourth-order valence-electron chi connectivity index (χ4n) is 2.10. The van der Waals surface area contributed by atoms with Crippen molar-refractivity contribution in [2.75, 3.05) is 7.11 Å². The van der Waals surface area contributed by atoms with Gasteiger partial charge in [-0.05, 0) is 53.5 Å². The zero-order valence-electron chi connectivity index (χ0n) is 13.5. The molecule has 0 spiro atoms. The molecule has 7 nitrogen and oxygen atoms in total. The summed E-state index contributed by atoms with van der Waals surface area (Å²) in [6, 6.07) is 5.30. The van der Waals surface area contributed by atoms with Crippen molar-refractivity contribution in [2.24, 2.45) is 0 Å². The fraction of sp³-hybridized carbons (Fsp3) is 0.312. The van der Waals surface area contributed by atoms with Gasteiger partial charge in [0.15, 0.2) is 6.04 Å². The van der Waals surface area contributed by atoms with E-state index in [2.05, 4.69) is 26.3 Å². The Labute approximate surface area is 147 Å². The van der Waals surface area contributed by atoms with Gasteiger partial charge in [-0.1, -0.05) is 6.07 Å². The van der Waals surface area contributed by atoms with Crippen LogP contribution in [-0.2, 0) is 4.79 Å². The van der Waals surface area contributed by atoms with E-state index in [0.29, 0.717) is 15.8 Å². The normalized spacial score (nSPS) is 12.0. The van der Waals surface area contributed by atoms with Gasteiger partial charge in [-0.15, -0.1) is 0 Å². The highest BCUT2D eigenvalue weighted by Gasteiger charge is 2.24. The highest BCUT2D eigenvalue weighted by molar-refractivity contribution is 9.10. The third-order valence-corrected chi connectivity index (χ3v) is 4.02. The summed E-state index contributed by atoms with van der Waals surface area (Å²) < 4.78 is 7.36. The van der Waals surface area contributed by atoms with Gasteiger partial charge >= 0.3 is 5.97 Å². The van der Waals surface area contributed by atoms with Crippen molar-refractivity contribution in [1.82, 2.24) is 15.1 Å². The van der Waals surface area contributed by atoms with Crippen LogP contribution in [0.5, 0.6) is 5.75 Å². The Balaban J connectivity index is 2.23. The molecule has 1 aromatic heterocycles. The number of nitrogens with zero attached hydrogens (tertiary/aromatic N) is 2. The Morgan fingerprint density at radius 1 is 1.33 bits per heavy atom.